The van der Waals surface area contributed by atoms with Crippen LogP contribution >= 0.6 is 0 Å². The number of hydrogen-bond donors (Lipinski definition) is 1. The smallest absolute Gasteiger partial charge is 0.151 e. The molecule has 6 nitrogen and oxygen atoms in total. The monoisotopic (exact) mass is 758 g/mol. The van der Waals surface area contributed by atoms with Crippen LogP contribution in [0.25, 0.3) is 0 Å². The van der Waals surface area contributed by atoms with E-state index >= 15 is 0 Å². The summed E-state index contributed by atoms with van der Waals surface area (Å²) < 4.78 is 28.5. The predicted molar refractivity (Wildman–Crippen MR) is 199 cm³/mol. The first-order valence-electron chi connectivity index (χ1n) is 18.1. The van der Waals surface area contributed by atoms with Crippen LogP contribution in [0.1, 0.15) is 114 Å². The number of aliphatic hydroxyl groups is 1. The molecule has 0 aromatic carbocycles. The molecule has 0 amide bonds. The summed E-state index contributed by atoms with van der Waals surface area (Å²) >= 11 is -1.85. The van der Waals surface area contributed by atoms with Crippen LogP contribution in [0.15, 0.2) is 23.3 Å². The number of unbranched alkanes of at least 4 members (excludes halogenated alkanes) is 3. The van der Waals surface area contributed by atoms with Gasteiger partial charge in [-0.15, -0.1) is 18.9 Å². The summed E-state index contributed by atoms with van der Waals surface area (Å²) in [6, 6.07) is 0. The van der Waals surface area contributed by atoms with Gasteiger partial charge in [0.2, 0.25) is 0 Å². The number of epoxide rings is 2. The van der Waals surface area contributed by atoms with Crippen LogP contribution in [-0.4, -0.2) is 86.7 Å². The first kappa shape index (κ1) is 47.4. The Morgan fingerprint density at radius 2 is 1.24 bits per heavy atom. The first-order valence-corrected chi connectivity index (χ1v) is 25.8. The van der Waals surface area contributed by atoms with Gasteiger partial charge in [0.1, 0.15) is 12.2 Å². The van der Waals surface area contributed by atoms with E-state index in [1.807, 2.05) is 13.8 Å². The minimum absolute atomic E-state index is 0.0794. The predicted octanol–water partition coefficient (Wildman–Crippen LogP) is 9.21. The van der Waals surface area contributed by atoms with Crippen molar-refractivity contribution < 1.29 is 28.8 Å². The van der Waals surface area contributed by atoms with Crippen LogP contribution in [0.5, 0.6) is 0 Å². The first-order chi connectivity index (χ1) is 22.0. The second-order valence-corrected chi connectivity index (χ2v) is 26.3. The average molecular weight is 758 g/mol. The number of carbonyl (C=O) groups excluding carboxylic acids is 1. The summed E-state index contributed by atoms with van der Waals surface area (Å²) in [7, 11) is 3.41. The van der Waals surface area contributed by atoms with E-state index in [-0.39, 0.29) is 42.5 Å². The van der Waals surface area contributed by atoms with E-state index in [2.05, 4.69) is 71.6 Å². The van der Waals surface area contributed by atoms with Crippen LogP contribution in [0.2, 0.25) is 13.3 Å². The van der Waals surface area contributed by atoms with Gasteiger partial charge in [0, 0.05) is 32.0 Å². The van der Waals surface area contributed by atoms with Crippen molar-refractivity contribution in [3.63, 3.8) is 0 Å². The molecular formula is C39H74O6Sn. The Labute approximate surface area is 289 Å². The van der Waals surface area contributed by atoms with Gasteiger partial charge >= 0.3 is 102 Å². The van der Waals surface area contributed by atoms with E-state index in [4.69, 9.17) is 25.4 Å². The normalized spacial score (nSPS) is 23.5. The van der Waals surface area contributed by atoms with Crippen LogP contribution in [0, 0.1) is 30.1 Å². The number of hydrogen-bond acceptors (Lipinski definition) is 6. The minimum atomic E-state index is -1.85. The fourth-order valence-corrected chi connectivity index (χ4v) is 19.0. The third-order valence-electron chi connectivity index (χ3n) is 9.51. The van der Waals surface area contributed by atoms with Crippen molar-refractivity contribution >= 4 is 24.7 Å². The molecule has 0 radical (unpaired) electrons. The van der Waals surface area contributed by atoms with Crippen molar-refractivity contribution in [3.05, 3.63) is 23.3 Å². The van der Waals surface area contributed by atoms with Gasteiger partial charge in [-0.2, -0.15) is 0 Å². The SMILES string of the molecule is C#C[C@@H](C)[C@H](O)[C@H]1O[C@@H]1[C@@H](C)[C@@H](CC)OC.C=CC.C=[CH][Sn]([CH2]CCC)([CH2]CCC)[CH2]CCC.CC[C@@H](OC)[C@H](C)[C@H]1O[C@@H]1C=O. The number of carbonyl (C=O) groups is 1. The number of methoxy groups -OCH3 is 2. The summed E-state index contributed by atoms with van der Waals surface area (Å²) in [6.45, 7) is 26.5. The molecule has 2 aliphatic heterocycles. The van der Waals surface area contributed by atoms with Gasteiger partial charge in [-0.3, -0.25) is 0 Å². The fourth-order valence-electron chi connectivity index (χ4n) is 6.08. The van der Waals surface area contributed by atoms with Gasteiger partial charge in [-0.1, -0.05) is 33.8 Å². The molecule has 7 heteroatoms. The largest absolute Gasteiger partial charge is 0.381 e. The number of allylic oxidation sites excluding steroid dienone is 1. The van der Waals surface area contributed by atoms with Crippen molar-refractivity contribution in [1.82, 2.24) is 0 Å². The Hall–Kier alpha value is -0.691. The van der Waals surface area contributed by atoms with Crippen LogP contribution in [0.3, 0.4) is 0 Å². The molecule has 0 unspecified atom stereocenters. The summed E-state index contributed by atoms with van der Waals surface area (Å²) in [4.78, 5) is 10.3. The maximum atomic E-state index is 10.3. The summed E-state index contributed by atoms with van der Waals surface area (Å²) in [6.07, 6.45) is 18.0. The van der Waals surface area contributed by atoms with Crippen molar-refractivity contribution in [2.24, 2.45) is 17.8 Å². The molecule has 0 saturated carbocycles. The molecule has 2 saturated heterocycles. The molecule has 46 heavy (non-hydrogen) atoms. The molecule has 0 aliphatic carbocycles. The molecule has 0 bridgehead atoms. The maximum Gasteiger partial charge on any atom is 0.151 e. The standard InChI is InChI=1S/C13H22O3.C9H16O3.3C4H9.C3H6.C2H3.Sn/c1-6-8(3)11(14)13-12(16-13)9(4)10(7-2)15-5;1-4-7(11-3)6(2)9-8(5-10)12-9;3*1-3-4-2;1-3-2;1-2;/h1,8-14H,7H2,2-5H3;5-9H,4H2,1-3H3;3*1,3-4H2,2H3;3H,1H2,2H3;1H,2H2;/t8-,9+,10-,11+,12-,13-;6-,7+,8+,9+;;;;;;/m10....../s1. The zero-order chi connectivity index (χ0) is 35.7. The van der Waals surface area contributed by atoms with Gasteiger partial charge in [0.05, 0.1) is 30.5 Å². The van der Waals surface area contributed by atoms with Crippen molar-refractivity contribution in [1.29, 1.82) is 0 Å². The quantitative estimate of drug-likeness (QED) is 0.0414. The summed E-state index contributed by atoms with van der Waals surface area (Å²) in [5, 5.41) is 9.90. The van der Waals surface area contributed by atoms with Crippen LogP contribution in [-0.2, 0) is 23.7 Å². The van der Waals surface area contributed by atoms with Crippen LogP contribution < -0.4 is 0 Å². The van der Waals surface area contributed by atoms with Crippen LogP contribution in [0.4, 0.5) is 0 Å². The molecule has 2 aliphatic rings. The van der Waals surface area contributed by atoms with E-state index in [1.54, 1.807) is 33.6 Å². The Kier molecular flexibility index (Phi) is 29.1. The zero-order valence-corrected chi connectivity index (χ0v) is 34.6. The second-order valence-electron chi connectivity index (χ2n) is 13.1. The minimum Gasteiger partial charge on any atom is -0.381 e. The van der Waals surface area contributed by atoms with Crippen molar-refractivity contribution in [2.75, 3.05) is 14.2 Å². The molecule has 2 fully saturated rings. The number of terminal acetylenes is 1. The Morgan fingerprint density at radius 1 is 0.826 bits per heavy atom. The van der Waals surface area contributed by atoms with E-state index < -0.39 is 24.5 Å². The van der Waals surface area contributed by atoms with Gasteiger partial charge < -0.3 is 28.8 Å². The van der Waals surface area contributed by atoms with E-state index in [0.29, 0.717) is 11.8 Å². The Morgan fingerprint density at radius 3 is 1.52 bits per heavy atom. The maximum absolute atomic E-state index is 10.3. The molecular weight excluding hydrogens is 683 g/mol. The molecule has 0 aromatic rings. The molecule has 2 rings (SSSR count). The molecule has 0 spiro atoms. The number of ether oxygens (including phenoxy) is 4. The molecule has 1 N–H and O–H groups in total. The molecule has 10 atom stereocenters. The third kappa shape index (κ3) is 18.2. The van der Waals surface area contributed by atoms with Crippen molar-refractivity contribution in [3.8, 4) is 12.3 Å². The van der Waals surface area contributed by atoms with Gasteiger partial charge in [-0.05, 0) is 26.7 Å². The summed E-state index contributed by atoms with van der Waals surface area (Å²) in [5.74, 6) is 2.99. The van der Waals surface area contributed by atoms with Crippen molar-refractivity contribution in [2.45, 2.75) is 170 Å². The van der Waals surface area contributed by atoms with E-state index in [1.165, 1.54) is 38.5 Å². The molecule has 0 aromatic heterocycles. The number of aliphatic hydroxyl groups excluding tert-OH is 1. The zero-order valence-electron chi connectivity index (χ0n) is 31.8. The van der Waals surface area contributed by atoms with Gasteiger partial charge in [0.15, 0.2) is 6.29 Å². The Balaban J connectivity index is 0. The fraction of sp³-hybridized carbons (Fsp3) is 0.821. The second kappa shape index (κ2) is 28.2. The number of rotatable bonds is 21. The number of aldehydes is 1. The molecule has 2 heterocycles. The molecule has 270 valence electrons. The third-order valence-corrected chi connectivity index (χ3v) is 23.5. The topological polar surface area (TPSA) is 80.8 Å². The van der Waals surface area contributed by atoms with E-state index in [0.717, 1.165) is 19.1 Å². The van der Waals surface area contributed by atoms with E-state index in [9.17, 15) is 9.90 Å². The van der Waals surface area contributed by atoms with Gasteiger partial charge in [0.25, 0.3) is 0 Å². The average Bonchev–Trinajstić information content (AvgIpc) is 4.01. The summed E-state index contributed by atoms with van der Waals surface area (Å²) in [5.41, 5.74) is 0. The Bertz CT molecular complexity index is 783. The van der Waals surface area contributed by atoms with Gasteiger partial charge in [-0.25, -0.2) is 0 Å².